The van der Waals surface area contributed by atoms with Crippen molar-refractivity contribution in [3.63, 3.8) is 0 Å². The Labute approximate surface area is 159 Å². The first kappa shape index (κ1) is 18.8. The second-order valence-corrected chi connectivity index (χ2v) is 7.15. The quantitative estimate of drug-likeness (QED) is 0.793. The van der Waals surface area contributed by atoms with Crippen molar-refractivity contribution in [2.75, 3.05) is 18.1 Å². The molecule has 1 saturated heterocycles. The number of benzene rings is 1. The van der Waals surface area contributed by atoms with Gasteiger partial charge in [-0.25, -0.2) is 0 Å². The summed E-state index contributed by atoms with van der Waals surface area (Å²) >= 11 is 1.20. The highest BCUT2D eigenvalue weighted by Gasteiger charge is 2.36. The van der Waals surface area contributed by atoms with E-state index in [1.165, 1.54) is 16.2 Å². The molecule has 0 radical (unpaired) electrons. The van der Waals surface area contributed by atoms with Crippen LogP contribution in [0.25, 0.3) is 0 Å². The zero-order chi connectivity index (χ0) is 19.4. The normalized spacial score (nSPS) is 16.3. The number of nitrogens with one attached hydrogen (secondary N) is 1. The molecule has 1 aliphatic heterocycles. The second-order valence-electron chi connectivity index (χ2n) is 6.20. The minimum Gasteiger partial charge on any atom is -0.455 e. The Morgan fingerprint density at radius 3 is 2.63 bits per heavy atom. The van der Waals surface area contributed by atoms with E-state index in [9.17, 15) is 19.2 Å². The van der Waals surface area contributed by atoms with Crippen LogP contribution >= 0.6 is 11.3 Å². The predicted molar refractivity (Wildman–Crippen MR) is 99.4 cm³/mol. The van der Waals surface area contributed by atoms with E-state index in [1.54, 1.807) is 17.5 Å². The number of nitrogens with zero attached hydrogens (tertiary/aromatic N) is 1. The fraction of sp³-hybridized carbons (Fsp3) is 0.263. The highest BCUT2D eigenvalue weighted by molar-refractivity contribution is 7.12. The van der Waals surface area contributed by atoms with E-state index in [-0.39, 0.29) is 18.9 Å². The summed E-state index contributed by atoms with van der Waals surface area (Å²) in [7, 11) is 0. The van der Waals surface area contributed by atoms with Crippen molar-refractivity contribution in [2.24, 2.45) is 5.92 Å². The average molecular weight is 386 g/mol. The third-order valence-corrected chi connectivity index (χ3v) is 5.02. The Morgan fingerprint density at radius 1 is 1.22 bits per heavy atom. The Kier molecular flexibility index (Phi) is 5.66. The Bertz CT molecular complexity index is 861. The summed E-state index contributed by atoms with van der Waals surface area (Å²) in [6, 6.07) is 10.7. The van der Waals surface area contributed by atoms with Crippen LogP contribution in [-0.2, 0) is 19.1 Å². The maximum absolute atomic E-state index is 12.2. The molecule has 3 amide bonds. The van der Waals surface area contributed by atoms with Crippen LogP contribution in [0.4, 0.5) is 5.69 Å². The monoisotopic (exact) mass is 386 g/mol. The van der Waals surface area contributed by atoms with Crippen molar-refractivity contribution in [2.45, 2.75) is 13.3 Å². The first-order valence-electron chi connectivity index (χ1n) is 8.35. The molecule has 1 N–H and O–H groups in total. The van der Waals surface area contributed by atoms with Gasteiger partial charge in [0.05, 0.1) is 10.8 Å². The molecule has 1 atom stereocenters. The lowest BCUT2D eigenvalue weighted by Gasteiger charge is -2.16. The van der Waals surface area contributed by atoms with Crippen molar-refractivity contribution in [1.82, 2.24) is 5.32 Å². The smallest absolute Gasteiger partial charge is 0.311 e. The molecule has 2 aromatic rings. The second kappa shape index (κ2) is 8.13. The van der Waals surface area contributed by atoms with Crippen LogP contribution in [0.15, 0.2) is 41.8 Å². The molecular formula is C19H18N2O5S. The van der Waals surface area contributed by atoms with Gasteiger partial charge in [-0.2, -0.15) is 0 Å². The van der Waals surface area contributed by atoms with Gasteiger partial charge in [-0.15, -0.1) is 11.3 Å². The summed E-state index contributed by atoms with van der Waals surface area (Å²) in [6.45, 7) is 1.59. The molecule has 1 aliphatic rings. The van der Waals surface area contributed by atoms with Crippen LogP contribution in [0.2, 0.25) is 0 Å². The Morgan fingerprint density at radius 2 is 1.96 bits per heavy atom. The van der Waals surface area contributed by atoms with Gasteiger partial charge in [-0.3, -0.25) is 24.5 Å². The summed E-state index contributed by atoms with van der Waals surface area (Å²) < 4.78 is 4.98. The van der Waals surface area contributed by atoms with Gasteiger partial charge in [0.15, 0.2) is 6.61 Å². The zero-order valence-electron chi connectivity index (χ0n) is 14.6. The number of hydrogen-bond acceptors (Lipinski definition) is 6. The zero-order valence-corrected chi connectivity index (χ0v) is 15.5. The minimum atomic E-state index is -0.707. The molecule has 1 aromatic heterocycles. The molecule has 0 saturated carbocycles. The van der Waals surface area contributed by atoms with Crippen molar-refractivity contribution < 1.29 is 23.9 Å². The molecule has 0 bridgehead atoms. The molecule has 3 rings (SSSR count). The number of hydrogen-bond donors (Lipinski definition) is 1. The first-order chi connectivity index (χ1) is 12.9. The molecule has 0 spiro atoms. The third-order valence-electron chi connectivity index (χ3n) is 4.15. The Balaban J connectivity index is 1.50. The van der Waals surface area contributed by atoms with E-state index < -0.39 is 30.3 Å². The Hall–Kier alpha value is -3.00. The van der Waals surface area contributed by atoms with Gasteiger partial charge in [0, 0.05) is 18.7 Å². The molecule has 7 nitrogen and oxygen atoms in total. The lowest BCUT2D eigenvalue weighted by molar-refractivity contribution is -0.152. The summed E-state index contributed by atoms with van der Waals surface area (Å²) in [5, 5.41) is 3.87. The van der Waals surface area contributed by atoms with Gasteiger partial charge >= 0.3 is 5.97 Å². The number of anilines is 1. The summed E-state index contributed by atoms with van der Waals surface area (Å²) in [6.07, 6.45) is 0.0302. The number of carbonyl (C=O) groups is 4. The number of carbonyl (C=O) groups excluding carboxylic acids is 4. The maximum atomic E-state index is 12.2. The molecular weight excluding hydrogens is 368 g/mol. The SMILES string of the molecule is Cc1ccc(N2C[C@@H](C(=O)OCC(=O)NC(=O)c3cccs3)CC2=O)cc1. The van der Waals surface area contributed by atoms with Crippen molar-refractivity contribution in [3.05, 3.63) is 52.2 Å². The molecule has 0 aliphatic carbocycles. The molecule has 0 unspecified atom stereocenters. The number of ether oxygens (including phenoxy) is 1. The van der Waals surface area contributed by atoms with E-state index in [0.717, 1.165) is 11.3 Å². The average Bonchev–Trinajstić information content (AvgIpc) is 3.30. The van der Waals surface area contributed by atoms with Gasteiger partial charge in [-0.05, 0) is 30.5 Å². The van der Waals surface area contributed by atoms with E-state index >= 15 is 0 Å². The lowest BCUT2D eigenvalue weighted by atomic mass is 10.1. The lowest BCUT2D eigenvalue weighted by Crippen LogP contribution is -2.34. The van der Waals surface area contributed by atoms with Crippen LogP contribution in [-0.4, -0.2) is 36.8 Å². The predicted octanol–water partition coefficient (Wildman–Crippen LogP) is 1.91. The molecule has 1 fully saturated rings. The number of imide groups is 1. The van der Waals surface area contributed by atoms with Crippen LogP contribution in [0, 0.1) is 12.8 Å². The number of rotatable bonds is 5. The van der Waals surface area contributed by atoms with E-state index in [0.29, 0.717) is 4.88 Å². The van der Waals surface area contributed by atoms with Gasteiger partial charge in [0.2, 0.25) is 5.91 Å². The molecule has 8 heteroatoms. The van der Waals surface area contributed by atoms with Crippen molar-refractivity contribution >= 4 is 40.7 Å². The topological polar surface area (TPSA) is 92.8 Å². The molecule has 140 valence electrons. The van der Waals surface area contributed by atoms with Crippen molar-refractivity contribution in [3.8, 4) is 0 Å². The van der Waals surface area contributed by atoms with Crippen LogP contribution < -0.4 is 10.2 Å². The molecule has 2 heterocycles. The highest BCUT2D eigenvalue weighted by Crippen LogP contribution is 2.26. The van der Waals surface area contributed by atoms with Crippen molar-refractivity contribution in [1.29, 1.82) is 0 Å². The van der Waals surface area contributed by atoms with E-state index in [1.807, 2.05) is 31.2 Å². The third kappa shape index (κ3) is 4.59. The largest absolute Gasteiger partial charge is 0.455 e. The number of thiophene rings is 1. The minimum absolute atomic E-state index is 0.0302. The van der Waals surface area contributed by atoms with Crippen LogP contribution in [0.1, 0.15) is 21.7 Å². The maximum Gasteiger partial charge on any atom is 0.311 e. The van der Waals surface area contributed by atoms with Gasteiger partial charge in [-0.1, -0.05) is 23.8 Å². The molecule has 27 heavy (non-hydrogen) atoms. The van der Waals surface area contributed by atoms with Gasteiger partial charge in [0.25, 0.3) is 11.8 Å². The van der Waals surface area contributed by atoms with E-state index in [4.69, 9.17) is 4.74 Å². The van der Waals surface area contributed by atoms with E-state index in [2.05, 4.69) is 5.32 Å². The van der Waals surface area contributed by atoms with Gasteiger partial charge in [0.1, 0.15) is 0 Å². The summed E-state index contributed by atoms with van der Waals surface area (Å²) in [4.78, 5) is 49.8. The number of aryl methyl sites for hydroxylation is 1. The standard InChI is InChI=1S/C19H18N2O5S/c1-12-4-6-14(7-5-12)21-10-13(9-17(21)23)19(25)26-11-16(22)20-18(24)15-3-2-8-27-15/h2-8,13H,9-11H2,1H3,(H,20,22,24)/t13-/m0/s1. The summed E-state index contributed by atoms with van der Waals surface area (Å²) in [5.74, 6) is -2.68. The van der Waals surface area contributed by atoms with Crippen LogP contribution in [0.5, 0.6) is 0 Å². The first-order valence-corrected chi connectivity index (χ1v) is 9.23. The number of esters is 1. The highest BCUT2D eigenvalue weighted by atomic mass is 32.1. The van der Waals surface area contributed by atoms with Crippen LogP contribution in [0.3, 0.4) is 0 Å². The fourth-order valence-electron chi connectivity index (χ4n) is 2.73. The molecule has 1 aromatic carbocycles. The fourth-order valence-corrected chi connectivity index (χ4v) is 3.35. The van der Waals surface area contributed by atoms with Gasteiger partial charge < -0.3 is 9.64 Å². The summed E-state index contributed by atoms with van der Waals surface area (Å²) in [5.41, 5.74) is 1.80. The number of amides is 3.